The number of hydrogen-bond donors (Lipinski definition) is 2. The predicted molar refractivity (Wildman–Crippen MR) is 121 cm³/mol. The third kappa shape index (κ3) is 3.41. The summed E-state index contributed by atoms with van der Waals surface area (Å²) in [5, 5.41) is 9.38. The highest BCUT2D eigenvalue weighted by atomic mass is 32.2. The molecule has 3 heterocycles. The molecule has 1 spiro atoms. The van der Waals surface area contributed by atoms with Crippen LogP contribution in [-0.2, 0) is 22.1 Å². The lowest BCUT2D eigenvalue weighted by Gasteiger charge is -2.43. The third-order valence-electron chi connectivity index (χ3n) is 6.47. The number of rotatable bonds is 4. The van der Waals surface area contributed by atoms with Gasteiger partial charge in [-0.05, 0) is 49.6 Å². The second kappa shape index (κ2) is 7.42. The summed E-state index contributed by atoms with van der Waals surface area (Å²) in [5.41, 5.74) is 4.02. The van der Waals surface area contributed by atoms with Crippen molar-refractivity contribution in [3.8, 4) is 0 Å². The van der Waals surface area contributed by atoms with Gasteiger partial charge in [-0.25, -0.2) is 18.5 Å². The first-order valence-electron chi connectivity index (χ1n) is 10.7. The normalized spacial score (nSPS) is 18.1. The summed E-state index contributed by atoms with van der Waals surface area (Å²) in [4.78, 5) is 14.4. The number of anilines is 2. The van der Waals surface area contributed by atoms with E-state index in [4.69, 9.17) is 15.1 Å². The van der Waals surface area contributed by atoms with Gasteiger partial charge in [0.2, 0.25) is 16.0 Å². The molecule has 2 aromatic heterocycles. The zero-order valence-corrected chi connectivity index (χ0v) is 18.3. The Morgan fingerprint density at radius 3 is 2.58 bits per heavy atom. The summed E-state index contributed by atoms with van der Waals surface area (Å²) in [6, 6.07) is 8.41. The van der Waals surface area contributed by atoms with Crippen LogP contribution in [0.2, 0.25) is 0 Å². The number of nitrogens with one attached hydrogen (secondary N) is 1. The molecule has 0 bridgehead atoms. The lowest BCUT2D eigenvalue weighted by Crippen LogP contribution is -2.46. The Kier molecular flexibility index (Phi) is 4.82. The van der Waals surface area contributed by atoms with Crippen molar-refractivity contribution in [3.05, 3.63) is 42.2 Å². The number of benzene rings is 1. The molecule has 0 amide bonds. The van der Waals surface area contributed by atoms with E-state index >= 15 is 0 Å². The fraction of sp³-hybridized carbons (Fsp3) is 0.409. The molecule has 0 saturated heterocycles. The molecule has 9 heteroatoms. The Balaban J connectivity index is 1.55. The first-order chi connectivity index (χ1) is 14.9. The van der Waals surface area contributed by atoms with E-state index in [-0.39, 0.29) is 10.4 Å². The number of aliphatic imine (C=N–C) groups is 1. The van der Waals surface area contributed by atoms with Crippen LogP contribution in [0.15, 0.2) is 46.4 Å². The molecule has 5 rings (SSSR count). The molecule has 3 N–H and O–H groups in total. The van der Waals surface area contributed by atoms with Crippen LogP contribution >= 0.6 is 0 Å². The van der Waals surface area contributed by atoms with Crippen LogP contribution in [0.4, 0.5) is 11.6 Å². The standard InChI is InChI=1S/C22H26N6O2S/c1-2-19-22(10-4-3-5-11-22)28-17(14-24-19)12-15-13-25-21(27-20(15)28)26-16-6-8-18(9-7-16)31(23,29)30/h6-9,12-13H,2-5,10-11,14H2,1H3,(H2,23,29,30)(H,25,26,27). The van der Waals surface area contributed by atoms with E-state index in [0.717, 1.165) is 30.3 Å². The van der Waals surface area contributed by atoms with E-state index in [1.807, 2.05) is 6.20 Å². The fourth-order valence-electron chi connectivity index (χ4n) is 5.10. The average Bonchev–Trinajstić information content (AvgIpc) is 3.13. The Labute approximate surface area is 181 Å². The highest BCUT2D eigenvalue weighted by Gasteiger charge is 2.42. The number of nitrogens with two attached hydrogens (primary N) is 1. The highest BCUT2D eigenvalue weighted by molar-refractivity contribution is 7.89. The van der Waals surface area contributed by atoms with E-state index in [1.54, 1.807) is 12.1 Å². The predicted octanol–water partition coefficient (Wildman–Crippen LogP) is 3.85. The molecular weight excluding hydrogens is 412 g/mol. The maximum atomic E-state index is 11.5. The number of primary sulfonamides is 1. The van der Waals surface area contributed by atoms with Crippen molar-refractivity contribution in [2.24, 2.45) is 10.1 Å². The molecule has 3 aromatic rings. The van der Waals surface area contributed by atoms with E-state index < -0.39 is 10.0 Å². The summed E-state index contributed by atoms with van der Waals surface area (Å²) in [7, 11) is -3.72. The summed E-state index contributed by atoms with van der Waals surface area (Å²) < 4.78 is 25.4. The molecule has 2 aliphatic rings. The van der Waals surface area contributed by atoms with E-state index in [9.17, 15) is 8.42 Å². The van der Waals surface area contributed by atoms with Gasteiger partial charge in [0.1, 0.15) is 5.65 Å². The van der Waals surface area contributed by atoms with Gasteiger partial charge in [-0.15, -0.1) is 0 Å². The monoisotopic (exact) mass is 438 g/mol. The van der Waals surface area contributed by atoms with Gasteiger partial charge < -0.3 is 9.88 Å². The zero-order chi connectivity index (χ0) is 21.6. The molecule has 1 saturated carbocycles. The number of sulfonamides is 1. The van der Waals surface area contributed by atoms with E-state index in [2.05, 4.69) is 27.9 Å². The van der Waals surface area contributed by atoms with Gasteiger partial charge in [-0.2, -0.15) is 4.98 Å². The van der Waals surface area contributed by atoms with Crippen LogP contribution < -0.4 is 10.5 Å². The van der Waals surface area contributed by atoms with Gasteiger partial charge >= 0.3 is 0 Å². The lowest BCUT2D eigenvalue weighted by molar-refractivity contribution is 0.272. The summed E-state index contributed by atoms with van der Waals surface area (Å²) in [5.74, 6) is 0.475. The third-order valence-corrected chi connectivity index (χ3v) is 7.40. The Morgan fingerprint density at radius 1 is 1.16 bits per heavy atom. The molecule has 1 aliphatic heterocycles. The van der Waals surface area contributed by atoms with E-state index in [1.165, 1.54) is 42.8 Å². The van der Waals surface area contributed by atoms with Gasteiger partial charge in [-0.1, -0.05) is 26.2 Å². The van der Waals surface area contributed by atoms with Crippen molar-refractivity contribution in [3.63, 3.8) is 0 Å². The number of nitrogens with zero attached hydrogens (tertiary/aromatic N) is 4. The minimum absolute atomic E-state index is 0.0701. The number of aromatic nitrogens is 3. The van der Waals surface area contributed by atoms with E-state index in [0.29, 0.717) is 18.2 Å². The molecule has 1 aromatic carbocycles. The van der Waals surface area contributed by atoms with Crippen molar-refractivity contribution in [2.75, 3.05) is 5.32 Å². The van der Waals surface area contributed by atoms with Crippen LogP contribution in [0.5, 0.6) is 0 Å². The molecule has 162 valence electrons. The minimum atomic E-state index is -3.72. The SMILES string of the molecule is CCC1=NCc2cc3cnc(Nc4ccc(S(N)(=O)=O)cc4)nc3n2C12CCCCC2. The van der Waals surface area contributed by atoms with Gasteiger partial charge in [0.05, 0.1) is 17.0 Å². The largest absolute Gasteiger partial charge is 0.324 e. The van der Waals surface area contributed by atoms with Crippen LogP contribution in [0.1, 0.15) is 51.1 Å². The Hall–Kier alpha value is -2.78. The second-order valence-electron chi connectivity index (χ2n) is 8.35. The molecule has 0 atom stereocenters. The molecular formula is C22H26N6O2S. The lowest BCUT2D eigenvalue weighted by atomic mass is 9.76. The second-order valence-corrected chi connectivity index (χ2v) is 9.91. The topological polar surface area (TPSA) is 115 Å². The molecule has 1 aliphatic carbocycles. The summed E-state index contributed by atoms with van der Waals surface area (Å²) in [6.07, 6.45) is 8.65. The van der Waals surface area contributed by atoms with Gasteiger partial charge in [0.25, 0.3) is 0 Å². The van der Waals surface area contributed by atoms with Gasteiger partial charge in [-0.3, -0.25) is 4.99 Å². The maximum absolute atomic E-state index is 11.5. The van der Waals surface area contributed by atoms with Gasteiger partial charge in [0, 0.05) is 28.7 Å². The minimum Gasteiger partial charge on any atom is -0.324 e. The molecule has 1 fully saturated rings. The van der Waals surface area contributed by atoms with Crippen molar-refractivity contribution in [1.29, 1.82) is 0 Å². The van der Waals surface area contributed by atoms with Crippen LogP contribution in [0, 0.1) is 0 Å². The molecule has 31 heavy (non-hydrogen) atoms. The Morgan fingerprint density at radius 2 is 1.90 bits per heavy atom. The van der Waals surface area contributed by atoms with Crippen molar-refractivity contribution < 1.29 is 8.42 Å². The summed E-state index contributed by atoms with van der Waals surface area (Å²) >= 11 is 0. The van der Waals surface area contributed by atoms with Crippen LogP contribution in [0.25, 0.3) is 11.0 Å². The van der Waals surface area contributed by atoms with Crippen molar-refractivity contribution in [1.82, 2.24) is 14.5 Å². The molecule has 0 radical (unpaired) electrons. The number of fused-ring (bicyclic) bond motifs is 4. The zero-order valence-electron chi connectivity index (χ0n) is 17.5. The average molecular weight is 439 g/mol. The maximum Gasteiger partial charge on any atom is 0.238 e. The first kappa shape index (κ1) is 20.1. The molecule has 0 unspecified atom stereocenters. The number of hydrogen-bond acceptors (Lipinski definition) is 6. The Bertz CT molecular complexity index is 1270. The van der Waals surface area contributed by atoms with Crippen LogP contribution in [-0.4, -0.2) is 28.7 Å². The smallest absolute Gasteiger partial charge is 0.238 e. The first-order valence-corrected chi connectivity index (χ1v) is 12.3. The molecule has 8 nitrogen and oxygen atoms in total. The van der Waals surface area contributed by atoms with Crippen molar-refractivity contribution >= 4 is 38.4 Å². The van der Waals surface area contributed by atoms with Crippen molar-refractivity contribution in [2.45, 2.75) is 62.4 Å². The quantitative estimate of drug-likeness (QED) is 0.642. The fourth-order valence-corrected chi connectivity index (χ4v) is 5.61. The highest BCUT2D eigenvalue weighted by Crippen LogP contribution is 2.43. The summed E-state index contributed by atoms with van der Waals surface area (Å²) in [6.45, 7) is 2.87. The van der Waals surface area contributed by atoms with Gasteiger partial charge in [0.15, 0.2) is 0 Å². The van der Waals surface area contributed by atoms with Crippen LogP contribution in [0.3, 0.4) is 0 Å².